The van der Waals surface area contributed by atoms with E-state index in [4.69, 9.17) is 0 Å². The lowest BCUT2D eigenvalue weighted by Gasteiger charge is -2.23. The Morgan fingerprint density at radius 1 is 1.43 bits per heavy atom. The predicted molar refractivity (Wildman–Crippen MR) is 96.5 cm³/mol. The summed E-state index contributed by atoms with van der Waals surface area (Å²) in [5, 5.41) is 7.60. The number of benzene rings is 1. The van der Waals surface area contributed by atoms with Crippen molar-refractivity contribution in [3.05, 3.63) is 46.7 Å². The topological polar surface area (TPSA) is 50.2 Å². The zero-order chi connectivity index (χ0) is 15.5. The summed E-state index contributed by atoms with van der Waals surface area (Å²) in [4.78, 5) is 14.6. The zero-order valence-corrected chi connectivity index (χ0v) is 15.3. The number of carbonyl (C=O) groups excluding carboxylic acids is 1. The highest BCUT2D eigenvalue weighted by Crippen LogP contribution is 2.20. The summed E-state index contributed by atoms with van der Waals surface area (Å²) in [6.07, 6.45) is 3.95. The van der Waals surface area contributed by atoms with Crippen molar-refractivity contribution in [1.82, 2.24) is 20.0 Å². The summed E-state index contributed by atoms with van der Waals surface area (Å²) in [6.45, 7) is 1.65. The molecule has 1 fully saturated rings. The van der Waals surface area contributed by atoms with E-state index < -0.39 is 0 Å². The monoisotopic (exact) mass is 398 g/mol. The third kappa shape index (κ3) is 3.94. The van der Waals surface area contributed by atoms with Crippen LogP contribution in [-0.2, 0) is 0 Å². The molecule has 0 aliphatic carbocycles. The highest BCUT2D eigenvalue weighted by molar-refractivity contribution is 9.10. The molecule has 2 heterocycles. The highest BCUT2D eigenvalue weighted by atomic mass is 79.9. The van der Waals surface area contributed by atoms with Crippen LogP contribution in [0, 0.1) is 0 Å². The SMILES string of the molecule is CNCC1CCCN1C(=O)c1ccn(-c2cccc(Br)c2)n1.Cl. The molecule has 7 heteroatoms. The number of rotatable bonds is 4. The van der Waals surface area contributed by atoms with E-state index in [-0.39, 0.29) is 24.4 Å². The van der Waals surface area contributed by atoms with E-state index in [0.717, 1.165) is 36.1 Å². The minimum atomic E-state index is 0. The van der Waals surface area contributed by atoms with Crippen LogP contribution in [-0.4, -0.2) is 46.8 Å². The van der Waals surface area contributed by atoms with Gasteiger partial charge in [0.05, 0.1) is 5.69 Å². The van der Waals surface area contributed by atoms with Gasteiger partial charge in [0.1, 0.15) is 0 Å². The molecule has 1 amide bonds. The van der Waals surface area contributed by atoms with Crippen LogP contribution in [0.25, 0.3) is 5.69 Å². The van der Waals surface area contributed by atoms with Crippen molar-refractivity contribution in [3.8, 4) is 5.69 Å². The van der Waals surface area contributed by atoms with Crippen LogP contribution in [0.1, 0.15) is 23.3 Å². The normalized spacial score (nSPS) is 17.1. The second-order valence-corrected chi connectivity index (χ2v) is 6.39. The molecule has 1 saturated heterocycles. The molecule has 1 aromatic heterocycles. The number of aromatic nitrogens is 2. The second kappa shape index (κ2) is 7.95. The van der Waals surface area contributed by atoms with E-state index in [1.54, 1.807) is 10.7 Å². The van der Waals surface area contributed by atoms with Gasteiger partial charge in [-0.05, 0) is 44.2 Å². The van der Waals surface area contributed by atoms with Gasteiger partial charge < -0.3 is 10.2 Å². The van der Waals surface area contributed by atoms with Crippen LogP contribution in [0.15, 0.2) is 41.0 Å². The Hall–Kier alpha value is -1.37. The lowest BCUT2D eigenvalue weighted by molar-refractivity contribution is 0.0730. The first-order chi connectivity index (χ1) is 10.7. The van der Waals surface area contributed by atoms with Gasteiger partial charge >= 0.3 is 0 Å². The second-order valence-electron chi connectivity index (χ2n) is 5.48. The highest BCUT2D eigenvalue weighted by Gasteiger charge is 2.29. The van der Waals surface area contributed by atoms with Gasteiger partial charge in [0.25, 0.3) is 5.91 Å². The molecular formula is C16H20BrClN4O. The minimum absolute atomic E-state index is 0. The van der Waals surface area contributed by atoms with Crippen LogP contribution in [0.4, 0.5) is 0 Å². The molecule has 3 rings (SSSR count). The van der Waals surface area contributed by atoms with E-state index >= 15 is 0 Å². The Labute approximate surface area is 150 Å². The molecular weight excluding hydrogens is 380 g/mol. The number of carbonyl (C=O) groups is 1. The molecule has 23 heavy (non-hydrogen) atoms. The van der Waals surface area contributed by atoms with Crippen LogP contribution >= 0.6 is 28.3 Å². The van der Waals surface area contributed by atoms with Crippen LogP contribution in [0.2, 0.25) is 0 Å². The van der Waals surface area contributed by atoms with Crippen molar-refractivity contribution in [2.24, 2.45) is 0 Å². The van der Waals surface area contributed by atoms with E-state index in [1.165, 1.54) is 0 Å². The Kier molecular flexibility index (Phi) is 6.21. The van der Waals surface area contributed by atoms with Gasteiger partial charge in [-0.25, -0.2) is 4.68 Å². The maximum absolute atomic E-state index is 12.7. The van der Waals surface area contributed by atoms with E-state index in [9.17, 15) is 4.79 Å². The number of nitrogens with zero attached hydrogens (tertiary/aromatic N) is 3. The lowest BCUT2D eigenvalue weighted by Crippen LogP contribution is -2.41. The van der Waals surface area contributed by atoms with Gasteiger partial charge in [0.15, 0.2) is 5.69 Å². The Morgan fingerprint density at radius 2 is 2.26 bits per heavy atom. The summed E-state index contributed by atoms with van der Waals surface area (Å²) in [5.41, 5.74) is 1.43. The molecule has 2 aromatic rings. The van der Waals surface area contributed by atoms with Gasteiger partial charge in [-0.3, -0.25) is 4.79 Å². The van der Waals surface area contributed by atoms with E-state index in [2.05, 4.69) is 26.3 Å². The average molecular weight is 400 g/mol. The van der Waals surface area contributed by atoms with Gasteiger partial charge in [-0.15, -0.1) is 12.4 Å². The molecule has 1 aromatic carbocycles. The summed E-state index contributed by atoms with van der Waals surface area (Å²) in [6, 6.07) is 9.91. The molecule has 1 N–H and O–H groups in total. The molecule has 0 bridgehead atoms. The average Bonchev–Trinajstić information content (AvgIpc) is 3.16. The first-order valence-corrected chi connectivity index (χ1v) is 8.25. The van der Waals surface area contributed by atoms with Crippen molar-refractivity contribution in [2.45, 2.75) is 18.9 Å². The molecule has 5 nitrogen and oxygen atoms in total. The van der Waals surface area contributed by atoms with Crippen LogP contribution in [0.5, 0.6) is 0 Å². The summed E-state index contributed by atoms with van der Waals surface area (Å²) in [7, 11) is 1.92. The number of halogens is 2. The van der Waals surface area contributed by atoms with Crippen LogP contribution in [0.3, 0.4) is 0 Å². The molecule has 1 unspecified atom stereocenters. The number of likely N-dealkylation sites (N-methyl/N-ethyl adjacent to an activating group) is 1. The summed E-state index contributed by atoms with van der Waals surface area (Å²) in [5.74, 6) is 0.0199. The van der Waals surface area contributed by atoms with Gasteiger partial charge in [0.2, 0.25) is 0 Å². The van der Waals surface area contributed by atoms with Crippen molar-refractivity contribution in [3.63, 3.8) is 0 Å². The number of amides is 1. The zero-order valence-electron chi connectivity index (χ0n) is 12.9. The number of hydrogen-bond donors (Lipinski definition) is 1. The molecule has 0 radical (unpaired) electrons. The first-order valence-electron chi connectivity index (χ1n) is 7.46. The number of hydrogen-bond acceptors (Lipinski definition) is 3. The fourth-order valence-corrected chi connectivity index (χ4v) is 3.29. The minimum Gasteiger partial charge on any atom is -0.333 e. The van der Waals surface area contributed by atoms with Gasteiger partial charge in [-0.1, -0.05) is 22.0 Å². The third-order valence-corrected chi connectivity index (χ3v) is 4.45. The van der Waals surface area contributed by atoms with Crippen molar-refractivity contribution in [2.75, 3.05) is 20.1 Å². The summed E-state index contributed by atoms with van der Waals surface area (Å²) < 4.78 is 2.73. The van der Waals surface area contributed by atoms with Gasteiger partial charge in [0, 0.05) is 29.8 Å². The molecule has 124 valence electrons. The standard InChI is InChI=1S/C16H19BrN4O.ClH/c1-18-11-14-6-3-8-20(14)16(22)15-7-9-21(19-15)13-5-2-4-12(17)10-13;/h2,4-5,7,9-10,14,18H,3,6,8,11H2,1H3;1H. The number of likely N-dealkylation sites (tertiary alicyclic amines) is 1. The van der Waals surface area contributed by atoms with Crippen molar-refractivity contribution < 1.29 is 4.79 Å². The first kappa shape index (κ1) is 18.0. The van der Waals surface area contributed by atoms with E-state index in [1.807, 2.05) is 42.4 Å². The van der Waals surface area contributed by atoms with E-state index in [0.29, 0.717) is 5.69 Å². The van der Waals surface area contributed by atoms with Crippen molar-refractivity contribution >= 4 is 34.2 Å². The summed E-state index contributed by atoms with van der Waals surface area (Å²) >= 11 is 3.45. The lowest BCUT2D eigenvalue weighted by atomic mass is 10.2. The Morgan fingerprint density at radius 3 is 3.00 bits per heavy atom. The molecule has 1 aliphatic rings. The smallest absolute Gasteiger partial charge is 0.274 e. The van der Waals surface area contributed by atoms with Crippen molar-refractivity contribution in [1.29, 1.82) is 0 Å². The molecule has 0 spiro atoms. The maximum Gasteiger partial charge on any atom is 0.274 e. The molecule has 1 atom stereocenters. The molecule has 0 saturated carbocycles. The Balaban J connectivity index is 0.00000192. The maximum atomic E-state index is 12.7. The fraction of sp³-hybridized carbons (Fsp3) is 0.375. The number of nitrogens with one attached hydrogen (secondary N) is 1. The quantitative estimate of drug-likeness (QED) is 0.860. The van der Waals surface area contributed by atoms with Gasteiger partial charge in [-0.2, -0.15) is 5.10 Å². The third-order valence-electron chi connectivity index (χ3n) is 3.96. The predicted octanol–water partition coefficient (Wildman–Crippen LogP) is 2.88. The largest absolute Gasteiger partial charge is 0.333 e. The van der Waals surface area contributed by atoms with Crippen LogP contribution < -0.4 is 5.32 Å². The fourth-order valence-electron chi connectivity index (χ4n) is 2.90. The molecule has 1 aliphatic heterocycles. The Bertz CT molecular complexity index is 676.